The van der Waals surface area contributed by atoms with Gasteiger partial charge in [0.1, 0.15) is 5.82 Å². The summed E-state index contributed by atoms with van der Waals surface area (Å²) in [6.45, 7) is 1.88. The number of aryl methyl sites for hydroxylation is 1. The van der Waals surface area contributed by atoms with Gasteiger partial charge in [0.2, 0.25) is 5.91 Å². The van der Waals surface area contributed by atoms with E-state index in [4.69, 9.17) is 11.5 Å². The van der Waals surface area contributed by atoms with Gasteiger partial charge in [-0.1, -0.05) is 11.8 Å². The zero-order valence-electron chi connectivity index (χ0n) is 8.80. The summed E-state index contributed by atoms with van der Waals surface area (Å²) in [5.74, 6) is 1.09. The Bertz CT molecular complexity index is 351. The summed E-state index contributed by atoms with van der Waals surface area (Å²) >= 11 is 1.52. The molecule has 6 nitrogen and oxygen atoms in total. The molecule has 0 bridgehead atoms. The maximum absolute atomic E-state index is 10.7. The summed E-state index contributed by atoms with van der Waals surface area (Å²) in [6.07, 6.45) is 0.548. The quantitative estimate of drug-likeness (QED) is 0.658. The highest BCUT2D eigenvalue weighted by Gasteiger charge is 2.10. The third-order valence-electron chi connectivity index (χ3n) is 2.08. The molecule has 0 radical (unpaired) electrons. The first kappa shape index (κ1) is 12.0. The number of rotatable bonds is 5. The number of amides is 1. The SMILES string of the molecule is Cc1nnc(SCCC(N)C(N)=O)n1C. The van der Waals surface area contributed by atoms with Gasteiger partial charge in [-0.05, 0) is 13.3 Å². The third-order valence-corrected chi connectivity index (χ3v) is 3.13. The van der Waals surface area contributed by atoms with Gasteiger partial charge in [-0.15, -0.1) is 10.2 Å². The standard InChI is InChI=1S/C8H15N5OS/c1-5-11-12-8(13(5)2)15-4-3-6(9)7(10)14/h6H,3-4,9H2,1-2H3,(H2,10,14). The molecule has 1 atom stereocenters. The number of hydrogen-bond donors (Lipinski definition) is 2. The molecule has 4 N–H and O–H groups in total. The number of aromatic nitrogens is 3. The predicted octanol–water partition coefficient (Wildman–Crippen LogP) is -0.582. The minimum atomic E-state index is -0.577. The van der Waals surface area contributed by atoms with Crippen molar-refractivity contribution in [3.63, 3.8) is 0 Å². The van der Waals surface area contributed by atoms with Crippen molar-refractivity contribution < 1.29 is 4.79 Å². The van der Waals surface area contributed by atoms with Gasteiger partial charge in [-0.3, -0.25) is 4.79 Å². The van der Waals surface area contributed by atoms with Crippen LogP contribution in [0, 0.1) is 6.92 Å². The monoisotopic (exact) mass is 229 g/mol. The van der Waals surface area contributed by atoms with E-state index in [0.29, 0.717) is 12.2 Å². The first-order valence-corrected chi connectivity index (χ1v) is 5.54. The van der Waals surface area contributed by atoms with E-state index in [1.165, 1.54) is 11.8 Å². The molecule has 1 aromatic heterocycles. The Morgan fingerprint density at radius 1 is 1.60 bits per heavy atom. The summed E-state index contributed by atoms with van der Waals surface area (Å²) in [7, 11) is 1.89. The molecule has 1 unspecified atom stereocenters. The molecule has 1 rings (SSSR count). The van der Waals surface area contributed by atoms with Crippen LogP contribution in [0.5, 0.6) is 0 Å². The Hall–Kier alpha value is -1.08. The van der Waals surface area contributed by atoms with Crippen molar-refractivity contribution in [2.45, 2.75) is 24.5 Å². The average Bonchev–Trinajstić information content (AvgIpc) is 2.49. The van der Waals surface area contributed by atoms with E-state index < -0.39 is 11.9 Å². The second-order valence-electron chi connectivity index (χ2n) is 3.23. The number of nitrogens with two attached hydrogens (primary N) is 2. The molecule has 1 amide bonds. The number of carbonyl (C=O) groups is 1. The van der Waals surface area contributed by atoms with Gasteiger partial charge in [0.15, 0.2) is 5.16 Å². The van der Waals surface area contributed by atoms with Gasteiger partial charge >= 0.3 is 0 Å². The largest absolute Gasteiger partial charge is 0.368 e. The molecule has 1 aromatic rings. The van der Waals surface area contributed by atoms with Crippen molar-refractivity contribution in [3.05, 3.63) is 5.82 Å². The van der Waals surface area contributed by atoms with E-state index in [2.05, 4.69) is 10.2 Å². The molecule has 0 aliphatic heterocycles. The highest BCUT2D eigenvalue weighted by Crippen LogP contribution is 2.16. The van der Waals surface area contributed by atoms with Crippen molar-refractivity contribution in [2.75, 3.05) is 5.75 Å². The number of hydrogen-bond acceptors (Lipinski definition) is 5. The molecule has 0 aliphatic rings. The summed E-state index contributed by atoms with van der Waals surface area (Å²) in [4.78, 5) is 10.7. The Morgan fingerprint density at radius 2 is 2.27 bits per heavy atom. The van der Waals surface area contributed by atoms with Gasteiger partial charge in [0.05, 0.1) is 6.04 Å². The number of primary amides is 1. The summed E-state index contributed by atoms with van der Waals surface area (Å²) in [6, 6.07) is -0.577. The first-order chi connectivity index (χ1) is 7.02. The fourth-order valence-corrected chi connectivity index (χ4v) is 1.91. The zero-order valence-corrected chi connectivity index (χ0v) is 9.62. The summed E-state index contributed by atoms with van der Waals surface area (Å²) < 4.78 is 1.89. The predicted molar refractivity (Wildman–Crippen MR) is 58.3 cm³/mol. The van der Waals surface area contributed by atoms with E-state index in [1.807, 2.05) is 18.5 Å². The van der Waals surface area contributed by atoms with Crippen LogP contribution in [0.4, 0.5) is 0 Å². The van der Waals surface area contributed by atoms with E-state index in [1.54, 1.807) is 0 Å². The molecule has 0 saturated carbocycles. The van der Waals surface area contributed by atoms with Gasteiger partial charge in [-0.2, -0.15) is 0 Å². The highest BCUT2D eigenvalue weighted by atomic mass is 32.2. The van der Waals surface area contributed by atoms with Crippen molar-refractivity contribution >= 4 is 17.7 Å². The normalized spacial score (nSPS) is 12.7. The zero-order chi connectivity index (χ0) is 11.4. The van der Waals surface area contributed by atoms with Crippen LogP contribution in [-0.2, 0) is 11.8 Å². The highest BCUT2D eigenvalue weighted by molar-refractivity contribution is 7.99. The van der Waals surface area contributed by atoms with Crippen LogP contribution in [0.25, 0.3) is 0 Å². The van der Waals surface area contributed by atoms with Crippen LogP contribution in [0.1, 0.15) is 12.2 Å². The van der Waals surface area contributed by atoms with Gasteiger partial charge in [-0.25, -0.2) is 0 Å². The smallest absolute Gasteiger partial charge is 0.234 e. The van der Waals surface area contributed by atoms with Gasteiger partial charge in [0.25, 0.3) is 0 Å². The topological polar surface area (TPSA) is 99.8 Å². The lowest BCUT2D eigenvalue weighted by molar-refractivity contribution is -0.119. The lowest BCUT2D eigenvalue weighted by atomic mass is 10.2. The maximum Gasteiger partial charge on any atom is 0.234 e. The number of thioether (sulfide) groups is 1. The molecular weight excluding hydrogens is 214 g/mol. The molecule has 0 spiro atoms. The van der Waals surface area contributed by atoms with E-state index >= 15 is 0 Å². The van der Waals surface area contributed by atoms with Crippen LogP contribution in [-0.4, -0.2) is 32.5 Å². The van der Waals surface area contributed by atoms with Crippen LogP contribution in [0.2, 0.25) is 0 Å². The average molecular weight is 229 g/mol. The molecular formula is C8H15N5OS. The van der Waals surface area contributed by atoms with Crippen LogP contribution in [0.15, 0.2) is 5.16 Å². The van der Waals surface area contributed by atoms with E-state index in [0.717, 1.165) is 11.0 Å². The molecule has 0 aromatic carbocycles. The Balaban J connectivity index is 2.38. The van der Waals surface area contributed by atoms with Gasteiger partial charge in [0, 0.05) is 12.8 Å². The molecule has 0 aliphatic carbocycles. The second kappa shape index (κ2) is 5.13. The molecule has 1 heterocycles. The minimum Gasteiger partial charge on any atom is -0.368 e. The first-order valence-electron chi connectivity index (χ1n) is 4.56. The lowest BCUT2D eigenvalue weighted by Gasteiger charge is -2.06. The molecule has 84 valence electrons. The fourth-order valence-electron chi connectivity index (χ4n) is 0.933. The van der Waals surface area contributed by atoms with Crippen LogP contribution in [0.3, 0.4) is 0 Å². The lowest BCUT2D eigenvalue weighted by Crippen LogP contribution is -2.36. The Labute approximate surface area is 92.4 Å². The van der Waals surface area contributed by atoms with E-state index in [9.17, 15) is 4.79 Å². The van der Waals surface area contributed by atoms with Gasteiger partial charge < -0.3 is 16.0 Å². The van der Waals surface area contributed by atoms with Crippen molar-refractivity contribution in [1.82, 2.24) is 14.8 Å². The molecule has 0 fully saturated rings. The van der Waals surface area contributed by atoms with Crippen molar-refractivity contribution in [1.29, 1.82) is 0 Å². The van der Waals surface area contributed by atoms with Crippen molar-refractivity contribution in [3.8, 4) is 0 Å². The van der Waals surface area contributed by atoms with E-state index in [-0.39, 0.29) is 0 Å². The molecule has 7 heteroatoms. The van der Waals surface area contributed by atoms with Crippen molar-refractivity contribution in [2.24, 2.45) is 18.5 Å². The summed E-state index contributed by atoms with van der Waals surface area (Å²) in [5.41, 5.74) is 10.5. The van der Waals surface area contributed by atoms with Crippen LogP contribution < -0.4 is 11.5 Å². The van der Waals surface area contributed by atoms with Crippen LogP contribution >= 0.6 is 11.8 Å². The number of carbonyl (C=O) groups excluding carboxylic acids is 1. The number of nitrogens with zero attached hydrogens (tertiary/aromatic N) is 3. The second-order valence-corrected chi connectivity index (χ2v) is 4.30. The Morgan fingerprint density at radius 3 is 2.73 bits per heavy atom. The molecule has 15 heavy (non-hydrogen) atoms. The maximum atomic E-state index is 10.7. The molecule has 0 saturated heterocycles. The Kier molecular flexibility index (Phi) is 4.10. The summed E-state index contributed by atoms with van der Waals surface area (Å²) in [5, 5.41) is 8.72. The third kappa shape index (κ3) is 3.21. The minimum absolute atomic E-state index is 0.468. The fraction of sp³-hybridized carbons (Fsp3) is 0.625.